The molecule has 0 atom stereocenters. The molecule has 1 fully saturated rings. The summed E-state index contributed by atoms with van der Waals surface area (Å²) in [6, 6.07) is 0.791. The highest BCUT2D eigenvalue weighted by atomic mass is 79.9. The second-order valence-electron chi connectivity index (χ2n) is 4.26. The summed E-state index contributed by atoms with van der Waals surface area (Å²) in [6.45, 7) is 3.16. The highest BCUT2D eigenvalue weighted by molar-refractivity contribution is 9.10. The summed E-state index contributed by atoms with van der Waals surface area (Å²) in [6.07, 6.45) is 5.98. The maximum atomic E-state index is 3.98. The fraction of sp³-hybridized carbons (Fsp3) is 0.636. The Bertz CT molecular complexity index is 373. The Hall–Kier alpha value is -0.680. The lowest BCUT2D eigenvalue weighted by atomic mass is 10.2. The summed E-state index contributed by atoms with van der Waals surface area (Å²) < 4.78 is 2.61. The van der Waals surface area contributed by atoms with Gasteiger partial charge in [-0.05, 0) is 54.2 Å². The van der Waals surface area contributed by atoms with Gasteiger partial charge in [-0.15, -0.1) is 5.10 Å². The standard InChI is InChI=1S/C11H17BrN4/c1-8(4-3-7-13-9-5-6-9)10-11(12)14-15-16(10)2/h4,9,13H,3,5-7H2,1-2H3. The molecule has 2 rings (SSSR count). The first-order chi connectivity index (χ1) is 7.68. The van der Waals surface area contributed by atoms with E-state index in [9.17, 15) is 0 Å². The fourth-order valence-corrected chi connectivity index (χ4v) is 2.35. The minimum atomic E-state index is 0.791. The number of hydrogen-bond donors (Lipinski definition) is 1. The average molecular weight is 285 g/mol. The molecule has 1 aromatic rings. The average Bonchev–Trinajstić information content (AvgIpc) is 3.00. The molecule has 0 radical (unpaired) electrons. The SMILES string of the molecule is CC(=CCCNC1CC1)c1c(Br)nnn1C. The molecular formula is C11H17BrN4. The van der Waals surface area contributed by atoms with Crippen molar-refractivity contribution in [2.45, 2.75) is 32.2 Å². The normalized spacial score (nSPS) is 16.8. The zero-order valence-corrected chi connectivity index (χ0v) is 11.3. The van der Waals surface area contributed by atoms with Crippen molar-refractivity contribution in [1.29, 1.82) is 0 Å². The van der Waals surface area contributed by atoms with Crippen LogP contribution in [-0.4, -0.2) is 27.6 Å². The van der Waals surface area contributed by atoms with Crippen molar-refractivity contribution in [2.24, 2.45) is 7.05 Å². The van der Waals surface area contributed by atoms with Gasteiger partial charge < -0.3 is 5.32 Å². The van der Waals surface area contributed by atoms with Crippen LogP contribution in [0, 0.1) is 0 Å². The molecule has 1 aliphatic rings. The topological polar surface area (TPSA) is 42.7 Å². The minimum Gasteiger partial charge on any atom is -0.314 e. The molecule has 16 heavy (non-hydrogen) atoms. The maximum Gasteiger partial charge on any atom is 0.155 e. The summed E-state index contributed by atoms with van der Waals surface area (Å²) in [5, 5.41) is 11.4. The first-order valence-corrected chi connectivity index (χ1v) is 6.43. The lowest BCUT2D eigenvalue weighted by Crippen LogP contribution is -2.16. The predicted octanol–water partition coefficient (Wildman–Crippen LogP) is 2.12. The van der Waals surface area contributed by atoms with Crippen LogP contribution in [0.25, 0.3) is 5.57 Å². The molecular weight excluding hydrogens is 268 g/mol. The monoisotopic (exact) mass is 284 g/mol. The Morgan fingerprint density at radius 1 is 1.62 bits per heavy atom. The van der Waals surface area contributed by atoms with Crippen molar-refractivity contribution >= 4 is 21.5 Å². The van der Waals surface area contributed by atoms with E-state index in [0.717, 1.165) is 29.3 Å². The van der Waals surface area contributed by atoms with Crippen molar-refractivity contribution in [3.05, 3.63) is 16.4 Å². The summed E-state index contributed by atoms with van der Waals surface area (Å²) in [7, 11) is 1.91. The zero-order chi connectivity index (χ0) is 11.5. The van der Waals surface area contributed by atoms with E-state index in [4.69, 9.17) is 0 Å². The first kappa shape index (κ1) is 11.8. The Morgan fingerprint density at radius 2 is 2.38 bits per heavy atom. The molecule has 1 aliphatic carbocycles. The molecule has 0 spiro atoms. The number of allylic oxidation sites excluding steroid dienone is 1. The van der Waals surface area contributed by atoms with Gasteiger partial charge in [0.2, 0.25) is 0 Å². The number of hydrogen-bond acceptors (Lipinski definition) is 3. The molecule has 88 valence electrons. The Kier molecular flexibility index (Phi) is 3.76. The largest absolute Gasteiger partial charge is 0.314 e. The van der Waals surface area contributed by atoms with Crippen LogP contribution in [0.1, 0.15) is 31.9 Å². The highest BCUT2D eigenvalue weighted by Crippen LogP contribution is 2.21. The number of nitrogens with zero attached hydrogens (tertiary/aromatic N) is 3. The van der Waals surface area contributed by atoms with Crippen LogP contribution in [-0.2, 0) is 7.05 Å². The second kappa shape index (κ2) is 5.10. The van der Waals surface area contributed by atoms with Crippen molar-refractivity contribution in [2.75, 3.05) is 6.54 Å². The number of halogens is 1. The van der Waals surface area contributed by atoms with Gasteiger partial charge in [-0.2, -0.15) is 0 Å². The highest BCUT2D eigenvalue weighted by Gasteiger charge is 2.19. The van der Waals surface area contributed by atoms with E-state index in [1.165, 1.54) is 18.4 Å². The Balaban J connectivity index is 1.89. The van der Waals surface area contributed by atoms with E-state index in [2.05, 4.69) is 44.6 Å². The van der Waals surface area contributed by atoms with Crippen molar-refractivity contribution in [3.63, 3.8) is 0 Å². The number of rotatable bonds is 5. The van der Waals surface area contributed by atoms with Gasteiger partial charge in [-0.3, -0.25) is 0 Å². The van der Waals surface area contributed by atoms with Crippen LogP contribution >= 0.6 is 15.9 Å². The molecule has 5 heteroatoms. The summed E-state index contributed by atoms with van der Waals surface area (Å²) in [5.41, 5.74) is 2.28. The third kappa shape index (κ3) is 2.92. The molecule has 4 nitrogen and oxygen atoms in total. The van der Waals surface area contributed by atoms with E-state index in [-0.39, 0.29) is 0 Å². The van der Waals surface area contributed by atoms with Crippen LogP contribution in [0.2, 0.25) is 0 Å². The smallest absolute Gasteiger partial charge is 0.155 e. The van der Waals surface area contributed by atoms with Crippen LogP contribution in [0.4, 0.5) is 0 Å². The quantitative estimate of drug-likeness (QED) is 0.843. The van der Waals surface area contributed by atoms with E-state index >= 15 is 0 Å². The van der Waals surface area contributed by atoms with E-state index in [1.807, 2.05) is 7.05 Å². The lowest BCUT2D eigenvalue weighted by molar-refractivity contribution is 0.688. The maximum absolute atomic E-state index is 3.98. The van der Waals surface area contributed by atoms with E-state index < -0.39 is 0 Å². The molecule has 0 bridgehead atoms. The summed E-state index contributed by atoms with van der Waals surface area (Å²) in [5.74, 6) is 0. The Morgan fingerprint density at radius 3 is 2.94 bits per heavy atom. The van der Waals surface area contributed by atoms with Gasteiger partial charge in [0.15, 0.2) is 4.60 Å². The van der Waals surface area contributed by atoms with Crippen LogP contribution in [0.5, 0.6) is 0 Å². The predicted molar refractivity (Wildman–Crippen MR) is 68.0 cm³/mol. The number of aromatic nitrogens is 3. The Labute approximate surface area is 104 Å². The van der Waals surface area contributed by atoms with Gasteiger partial charge >= 0.3 is 0 Å². The number of aryl methyl sites for hydroxylation is 1. The van der Waals surface area contributed by atoms with Gasteiger partial charge in [0.25, 0.3) is 0 Å². The molecule has 1 aromatic heterocycles. The van der Waals surface area contributed by atoms with Crippen molar-refractivity contribution in [1.82, 2.24) is 20.3 Å². The van der Waals surface area contributed by atoms with Crippen molar-refractivity contribution < 1.29 is 0 Å². The van der Waals surface area contributed by atoms with E-state index in [0.29, 0.717) is 0 Å². The zero-order valence-electron chi connectivity index (χ0n) is 9.70. The van der Waals surface area contributed by atoms with Crippen molar-refractivity contribution in [3.8, 4) is 0 Å². The molecule has 1 heterocycles. The lowest BCUT2D eigenvalue weighted by Gasteiger charge is -2.03. The molecule has 1 saturated carbocycles. The summed E-state index contributed by atoms with van der Waals surface area (Å²) >= 11 is 3.41. The molecule has 1 N–H and O–H groups in total. The first-order valence-electron chi connectivity index (χ1n) is 5.64. The summed E-state index contributed by atoms with van der Waals surface area (Å²) in [4.78, 5) is 0. The second-order valence-corrected chi connectivity index (χ2v) is 5.01. The molecule has 0 amide bonds. The molecule has 0 aromatic carbocycles. The van der Waals surface area contributed by atoms with Crippen LogP contribution in [0.3, 0.4) is 0 Å². The third-order valence-electron chi connectivity index (χ3n) is 2.76. The van der Waals surface area contributed by atoms with Gasteiger partial charge in [0.1, 0.15) is 0 Å². The van der Waals surface area contributed by atoms with E-state index in [1.54, 1.807) is 4.68 Å². The van der Waals surface area contributed by atoms with Gasteiger partial charge in [-0.1, -0.05) is 11.3 Å². The third-order valence-corrected chi connectivity index (χ3v) is 3.30. The molecule has 0 aliphatic heterocycles. The minimum absolute atomic E-state index is 0.791. The fourth-order valence-electron chi connectivity index (χ4n) is 1.71. The number of nitrogens with one attached hydrogen (secondary N) is 1. The van der Waals surface area contributed by atoms with Gasteiger partial charge in [0.05, 0.1) is 5.69 Å². The van der Waals surface area contributed by atoms with Crippen LogP contribution < -0.4 is 5.32 Å². The van der Waals surface area contributed by atoms with Crippen LogP contribution in [0.15, 0.2) is 10.7 Å². The van der Waals surface area contributed by atoms with Gasteiger partial charge in [0, 0.05) is 13.1 Å². The van der Waals surface area contributed by atoms with Gasteiger partial charge in [-0.25, -0.2) is 4.68 Å². The molecule has 0 saturated heterocycles. The molecule has 0 unspecified atom stereocenters.